The smallest absolute Gasteiger partial charge is 0.441 e. The summed E-state index contributed by atoms with van der Waals surface area (Å²) in [5.41, 5.74) is 1.37. The van der Waals surface area contributed by atoms with Crippen molar-refractivity contribution in [3.8, 4) is 0 Å². The third-order valence-electron chi connectivity index (χ3n) is 2.36. The highest BCUT2D eigenvalue weighted by atomic mass is 32.2. The van der Waals surface area contributed by atoms with Gasteiger partial charge in [-0.2, -0.15) is 13.2 Å². The molecule has 0 aliphatic carbocycles. The van der Waals surface area contributed by atoms with Crippen molar-refractivity contribution in [3.63, 3.8) is 0 Å². The lowest BCUT2D eigenvalue weighted by molar-refractivity contribution is -0.0328. The summed E-state index contributed by atoms with van der Waals surface area (Å²) >= 11 is -0.141. The summed E-state index contributed by atoms with van der Waals surface area (Å²) in [4.78, 5) is 15.4. The molecule has 0 saturated heterocycles. The first-order chi connectivity index (χ1) is 8.80. The first kappa shape index (κ1) is 15.7. The minimum absolute atomic E-state index is 0.0309. The van der Waals surface area contributed by atoms with E-state index in [9.17, 15) is 18.0 Å². The third-order valence-corrected chi connectivity index (χ3v) is 3.08. The van der Waals surface area contributed by atoms with E-state index >= 15 is 0 Å². The van der Waals surface area contributed by atoms with E-state index in [0.717, 1.165) is 0 Å². The van der Waals surface area contributed by atoms with Crippen LogP contribution in [0.3, 0.4) is 0 Å². The molecule has 108 valence electrons. The number of halogens is 3. The number of imidazole rings is 1. The molecule has 0 aliphatic heterocycles. The number of carbonyl (C=O) groups is 1. The monoisotopic (exact) mass is 297 g/mol. The first-order valence-corrected chi connectivity index (χ1v) is 6.42. The van der Waals surface area contributed by atoms with E-state index in [2.05, 4.69) is 9.72 Å². The third kappa shape index (κ3) is 4.05. The van der Waals surface area contributed by atoms with Gasteiger partial charge in [-0.3, -0.25) is 0 Å². The van der Waals surface area contributed by atoms with E-state index in [1.807, 2.05) is 0 Å². The van der Waals surface area contributed by atoms with Gasteiger partial charge in [-0.1, -0.05) is 6.92 Å². The van der Waals surface area contributed by atoms with Crippen LogP contribution in [0.1, 0.15) is 23.2 Å². The normalized spacial score (nSPS) is 11.6. The molecule has 0 spiro atoms. The number of alkyl halides is 3. The summed E-state index contributed by atoms with van der Waals surface area (Å²) in [6.07, 6.45) is 0.456. The Bertz CT molecular complexity index is 460. The number of hydrogen-bond donors (Lipinski definition) is 1. The molecule has 1 rings (SSSR count). The van der Waals surface area contributed by atoms with Crippen LogP contribution in [0.5, 0.6) is 0 Å². The van der Waals surface area contributed by atoms with Gasteiger partial charge < -0.3 is 15.0 Å². The molecule has 5 nitrogen and oxygen atoms in total. The van der Waals surface area contributed by atoms with Crippen LogP contribution < -0.4 is 5.73 Å². The topological polar surface area (TPSA) is 70.1 Å². The lowest BCUT2D eigenvalue weighted by Gasteiger charge is -2.09. The van der Waals surface area contributed by atoms with E-state index in [4.69, 9.17) is 5.73 Å². The highest BCUT2D eigenvalue weighted by Gasteiger charge is 2.28. The number of thioether (sulfide) groups is 1. The van der Waals surface area contributed by atoms with Crippen molar-refractivity contribution in [2.45, 2.75) is 25.4 Å². The van der Waals surface area contributed by atoms with Crippen LogP contribution in [-0.4, -0.2) is 33.9 Å². The predicted octanol–water partition coefficient (Wildman–Crippen LogP) is 2.07. The van der Waals surface area contributed by atoms with Gasteiger partial charge in [0.2, 0.25) is 0 Å². The van der Waals surface area contributed by atoms with Gasteiger partial charge >= 0.3 is 11.5 Å². The molecule has 0 aromatic carbocycles. The molecular formula is C10H14F3N3O2S. The number of rotatable bonds is 5. The maximum Gasteiger partial charge on any atom is 0.441 e. The molecule has 0 amide bonds. The Hall–Kier alpha value is -1.38. The Morgan fingerprint density at radius 3 is 2.63 bits per heavy atom. The molecule has 0 bridgehead atoms. The van der Waals surface area contributed by atoms with Gasteiger partial charge in [0.25, 0.3) is 0 Å². The highest BCUT2D eigenvalue weighted by Crippen LogP contribution is 2.30. The molecule has 2 N–H and O–H groups in total. The van der Waals surface area contributed by atoms with Gasteiger partial charge in [-0.05, 0) is 11.8 Å². The van der Waals surface area contributed by atoms with Crippen LogP contribution in [0.15, 0.2) is 0 Å². The molecule has 0 aliphatic rings. The van der Waals surface area contributed by atoms with Crippen molar-refractivity contribution in [2.75, 3.05) is 18.6 Å². The zero-order valence-corrected chi connectivity index (χ0v) is 11.3. The van der Waals surface area contributed by atoms with Crippen LogP contribution in [0.2, 0.25) is 0 Å². The number of hydrogen-bond acceptors (Lipinski definition) is 5. The van der Waals surface area contributed by atoms with Crippen LogP contribution >= 0.6 is 11.8 Å². The molecule has 1 aromatic heterocycles. The van der Waals surface area contributed by atoms with E-state index in [0.29, 0.717) is 12.2 Å². The summed E-state index contributed by atoms with van der Waals surface area (Å²) in [5.74, 6) is -0.404. The first-order valence-electron chi connectivity index (χ1n) is 5.44. The van der Waals surface area contributed by atoms with Crippen molar-refractivity contribution in [1.29, 1.82) is 0 Å². The Morgan fingerprint density at radius 2 is 2.16 bits per heavy atom. The van der Waals surface area contributed by atoms with E-state index < -0.39 is 11.5 Å². The predicted molar refractivity (Wildman–Crippen MR) is 65.9 cm³/mol. The Morgan fingerprint density at radius 1 is 1.53 bits per heavy atom. The molecule has 1 heterocycles. The average molecular weight is 297 g/mol. The molecule has 0 saturated carbocycles. The molecule has 0 radical (unpaired) electrons. The van der Waals surface area contributed by atoms with E-state index in [1.165, 1.54) is 11.7 Å². The molecule has 9 heteroatoms. The number of carbonyl (C=O) groups excluding carboxylic acids is 1. The second-order valence-corrected chi connectivity index (χ2v) is 4.71. The maximum absolute atomic E-state index is 12.1. The number of methoxy groups -OCH3 is 1. The molecule has 0 atom stereocenters. The Balaban J connectivity index is 2.87. The number of anilines is 1. The van der Waals surface area contributed by atoms with Gasteiger partial charge in [0.1, 0.15) is 11.6 Å². The number of aryl methyl sites for hydroxylation is 1. The summed E-state index contributed by atoms with van der Waals surface area (Å²) < 4.78 is 42.1. The number of nitrogens with zero attached hydrogens (tertiary/aromatic N) is 2. The van der Waals surface area contributed by atoms with Gasteiger partial charge in [-0.25, -0.2) is 9.78 Å². The fourth-order valence-corrected chi connectivity index (χ4v) is 2.04. The minimum Gasteiger partial charge on any atom is -0.464 e. The Kier molecular flexibility index (Phi) is 5.10. The lowest BCUT2D eigenvalue weighted by Crippen LogP contribution is -2.12. The maximum atomic E-state index is 12.1. The van der Waals surface area contributed by atoms with Crippen LogP contribution in [-0.2, 0) is 17.7 Å². The SMILES string of the molecule is CCc1nc(C(=O)OC)c(N)n1CCSC(F)(F)F. The van der Waals surface area contributed by atoms with E-state index in [-0.39, 0.29) is 35.6 Å². The van der Waals surface area contributed by atoms with Crippen molar-refractivity contribution in [1.82, 2.24) is 9.55 Å². The van der Waals surface area contributed by atoms with Gasteiger partial charge in [0, 0.05) is 18.7 Å². The highest BCUT2D eigenvalue weighted by molar-refractivity contribution is 8.00. The second-order valence-electron chi connectivity index (χ2n) is 3.55. The summed E-state index contributed by atoms with van der Waals surface area (Å²) in [6, 6.07) is 0. The van der Waals surface area contributed by atoms with Gasteiger partial charge in [-0.15, -0.1) is 0 Å². The molecule has 0 fully saturated rings. The minimum atomic E-state index is -4.28. The molecule has 0 unspecified atom stereocenters. The average Bonchev–Trinajstić information content (AvgIpc) is 2.64. The number of nitrogens with two attached hydrogens (primary N) is 1. The number of esters is 1. The lowest BCUT2D eigenvalue weighted by atomic mass is 10.4. The number of aromatic nitrogens is 2. The summed E-state index contributed by atoms with van der Waals surface area (Å²) in [6.45, 7) is 1.80. The standard InChI is InChI=1S/C10H14F3N3O2S/c1-3-6-15-7(9(17)18-2)8(14)16(6)4-5-19-10(11,12)13/h3-5,14H2,1-2H3. The number of ether oxygens (including phenoxy) is 1. The second kappa shape index (κ2) is 6.18. The van der Waals surface area contributed by atoms with Crippen molar-refractivity contribution in [2.24, 2.45) is 0 Å². The molecule has 19 heavy (non-hydrogen) atoms. The fraction of sp³-hybridized carbons (Fsp3) is 0.600. The molecule has 1 aromatic rings. The van der Waals surface area contributed by atoms with Crippen LogP contribution in [0.25, 0.3) is 0 Å². The van der Waals surface area contributed by atoms with Gasteiger partial charge in [0.15, 0.2) is 5.69 Å². The van der Waals surface area contributed by atoms with Gasteiger partial charge in [0.05, 0.1) is 7.11 Å². The fourth-order valence-electron chi connectivity index (χ4n) is 1.53. The largest absolute Gasteiger partial charge is 0.464 e. The van der Waals surface area contributed by atoms with E-state index in [1.54, 1.807) is 6.92 Å². The number of nitrogen functional groups attached to an aromatic ring is 1. The quantitative estimate of drug-likeness (QED) is 0.842. The zero-order chi connectivity index (χ0) is 14.6. The molecular weight excluding hydrogens is 283 g/mol. The van der Waals surface area contributed by atoms with Crippen molar-refractivity contribution < 1.29 is 22.7 Å². The van der Waals surface area contributed by atoms with Crippen LogP contribution in [0.4, 0.5) is 19.0 Å². The van der Waals surface area contributed by atoms with Crippen molar-refractivity contribution >= 4 is 23.5 Å². The zero-order valence-electron chi connectivity index (χ0n) is 10.5. The summed E-state index contributed by atoms with van der Waals surface area (Å²) in [7, 11) is 1.19. The summed E-state index contributed by atoms with van der Waals surface area (Å²) in [5, 5.41) is 0. The van der Waals surface area contributed by atoms with Crippen molar-refractivity contribution in [3.05, 3.63) is 11.5 Å². The Labute approximate surface area is 112 Å². The van der Waals surface area contributed by atoms with Crippen LogP contribution in [0, 0.1) is 0 Å².